The van der Waals surface area contributed by atoms with Gasteiger partial charge in [-0.3, -0.25) is 0 Å². The molecule has 0 saturated carbocycles. The normalized spacial score (nSPS) is 13.1. The molecule has 0 bridgehead atoms. The fourth-order valence-corrected chi connectivity index (χ4v) is 0.999. The van der Waals surface area contributed by atoms with Gasteiger partial charge < -0.3 is 9.90 Å². The molecule has 1 atom stereocenters. The summed E-state index contributed by atoms with van der Waals surface area (Å²) in [6, 6.07) is 1.81. The Balaban J connectivity index is 5.31. The van der Waals surface area contributed by atoms with Crippen molar-refractivity contribution in [2.24, 2.45) is 16.5 Å². The average molecular weight is 195 g/mol. The van der Waals surface area contributed by atoms with Gasteiger partial charge in [-0.1, -0.05) is 6.92 Å². The minimum atomic E-state index is -2.27. The van der Waals surface area contributed by atoms with Crippen LogP contribution in [-0.2, 0) is 4.79 Å². The van der Waals surface area contributed by atoms with Crippen molar-refractivity contribution < 1.29 is 15.0 Å². The second-order valence-electron chi connectivity index (χ2n) is 2.54. The van der Waals surface area contributed by atoms with Gasteiger partial charge >= 0.3 is 0 Å². The number of nitrogens with two attached hydrogens (primary N) is 1. The van der Waals surface area contributed by atoms with Gasteiger partial charge in [-0.2, -0.15) is 21.5 Å². The number of carboxylic acid groups (broad SMARTS) is 1. The third-order valence-electron chi connectivity index (χ3n) is 1.84. The number of nitrogens with zero attached hydrogens (tertiary/aromatic N) is 3. The number of hydrogen-bond acceptors (Lipinski definition) is 5. The number of nitrogens with one attached hydrogen (secondary N) is 1. The summed E-state index contributed by atoms with van der Waals surface area (Å²) in [6.07, 6.45) is 0.204. The summed E-state index contributed by atoms with van der Waals surface area (Å²) in [5.74, 6) is 3.03. The maximum atomic E-state index is 10.7. The Bertz CT molecular complexity index is 310. The molecular formula is C7H9N5O2. The Hall–Kier alpha value is -2.15. The fraction of sp³-hybridized carbons (Fsp3) is 0.571. The van der Waals surface area contributed by atoms with Gasteiger partial charge in [0, 0.05) is 0 Å². The summed E-state index contributed by atoms with van der Waals surface area (Å²) in [4.78, 5) is 10.7. The van der Waals surface area contributed by atoms with E-state index in [4.69, 9.17) is 16.4 Å². The van der Waals surface area contributed by atoms with Crippen LogP contribution >= 0.6 is 0 Å². The summed E-state index contributed by atoms with van der Waals surface area (Å²) in [7, 11) is 0. The SMILES string of the molecule is CCC([NH+]=NN)C(C#N)(C#N)C(=O)[O-]. The van der Waals surface area contributed by atoms with Crippen LogP contribution in [-0.4, -0.2) is 12.0 Å². The van der Waals surface area contributed by atoms with E-state index < -0.39 is 17.4 Å². The predicted molar refractivity (Wildman–Crippen MR) is 40.3 cm³/mol. The Morgan fingerprint density at radius 2 is 2.21 bits per heavy atom. The molecule has 0 aromatic rings. The number of carboxylic acids is 1. The van der Waals surface area contributed by atoms with Gasteiger partial charge in [0.25, 0.3) is 0 Å². The highest BCUT2D eigenvalue weighted by Crippen LogP contribution is 2.18. The molecular weight excluding hydrogens is 186 g/mol. The third kappa shape index (κ3) is 1.77. The molecule has 0 aromatic carbocycles. The lowest BCUT2D eigenvalue weighted by molar-refractivity contribution is -0.586. The van der Waals surface area contributed by atoms with Crippen LogP contribution in [0.15, 0.2) is 5.22 Å². The number of aliphatic carboxylic acids is 1. The van der Waals surface area contributed by atoms with E-state index in [9.17, 15) is 9.90 Å². The summed E-state index contributed by atoms with van der Waals surface area (Å²) < 4.78 is 0. The second-order valence-corrected chi connectivity index (χ2v) is 2.54. The molecule has 0 saturated heterocycles. The Labute approximate surface area is 80.4 Å². The first kappa shape index (κ1) is 11.8. The minimum absolute atomic E-state index is 0.204. The number of nitriles is 2. The molecule has 0 aromatic heterocycles. The third-order valence-corrected chi connectivity index (χ3v) is 1.84. The molecule has 0 spiro atoms. The number of rotatable bonds is 4. The van der Waals surface area contributed by atoms with Crippen molar-refractivity contribution in [2.45, 2.75) is 19.4 Å². The molecule has 0 fully saturated rings. The topological polar surface area (TPSA) is 140 Å². The lowest BCUT2D eigenvalue weighted by atomic mass is 9.82. The van der Waals surface area contributed by atoms with Crippen molar-refractivity contribution in [1.82, 2.24) is 0 Å². The molecule has 7 heteroatoms. The van der Waals surface area contributed by atoms with Crippen LogP contribution in [0.4, 0.5) is 0 Å². The maximum absolute atomic E-state index is 10.7. The first-order chi connectivity index (χ1) is 6.58. The maximum Gasteiger partial charge on any atom is 0.223 e. The van der Waals surface area contributed by atoms with Crippen molar-refractivity contribution in [3.05, 3.63) is 0 Å². The predicted octanol–water partition coefficient (Wildman–Crippen LogP) is -3.05. The number of hydrogen-bond donors (Lipinski definition) is 2. The van der Waals surface area contributed by atoms with Gasteiger partial charge in [0.1, 0.15) is 0 Å². The molecule has 0 aliphatic carbocycles. The van der Waals surface area contributed by atoms with Gasteiger partial charge in [-0.25, -0.2) is 0 Å². The molecule has 0 aliphatic rings. The van der Waals surface area contributed by atoms with Crippen LogP contribution in [0, 0.1) is 28.1 Å². The molecule has 14 heavy (non-hydrogen) atoms. The number of carbonyl (C=O) groups excluding carboxylic acids is 1. The van der Waals surface area contributed by atoms with Gasteiger partial charge in [0.15, 0.2) is 6.04 Å². The van der Waals surface area contributed by atoms with Crippen molar-refractivity contribution in [3.8, 4) is 12.1 Å². The Morgan fingerprint density at radius 3 is 2.43 bits per heavy atom. The lowest BCUT2D eigenvalue weighted by Gasteiger charge is -2.22. The molecule has 0 aliphatic heterocycles. The smallest absolute Gasteiger partial charge is 0.223 e. The zero-order valence-electron chi connectivity index (χ0n) is 7.52. The molecule has 7 nitrogen and oxygen atoms in total. The first-order valence-electron chi connectivity index (χ1n) is 3.78. The van der Waals surface area contributed by atoms with E-state index in [0.29, 0.717) is 0 Å². The van der Waals surface area contributed by atoms with Gasteiger partial charge in [0.05, 0.1) is 23.3 Å². The zero-order chi connectivity index (χ0) is 11.2. The minimum Gasteiger partial charge on any atom is -0.547 e. The second kappa shape index (κ2) is 4.77. The van der Waals surface area contributed by atoms with E-state index in [1.165, 1.54) is 12.1 Å². The molecule has 0 radical (unpaired) electrons. The monoisotopic (exact) mass is 195 g/mol. The van der Waals surface area contributed by atoms with Crippen molar-refractivity contribution in [2.75, 3.05) is 0 Å². The zero-order valence-corrected chi connectivity index (χ0v) is 7.52. The average Bonchev–Trinajstić information content (AvgIpc) is 2.18. The van der Waals surface area contributed by atoms with Gasteiger partial charge in [0.2, 0.25) is 5.41 Å². The highest BCUT2D eigenvalue weighted by Gasteiger charge is 2.43. The van der Waals surface area contributed by atoms with Crippen LogP contribution in [0.2, 0.25) is 0 Å². The van der Waals surface area contributed by atoms with E-state index in [1.807, 2.05) is 0 Å². The van der Waals surface area contributed by atoms with Crippen LogP contribution in [0.5, 0.6) is 0 Å². The largest absolute Gasteiger partial charge is 0.547 e. The molecule has 1 unspecified atom stereocenters. The quantitative estimate of drug-likeness (QED) is 0.278. The van der Waals surface area contributed by atoms with Gasteiger partial charge in [-0.05, 0) is 6.42 Å². The van der Waals surface area contributed by atoms with E-state index >= 15 is 0 Å². The summed E-state index contributed by atoms with van der Waals surface area (Å²) in [5.41, 5.74) is -2.27. The Kier molecular flexibility index (Phi) is 4.04. The van der Waals surface area contributed by atoms with Crippen LogP contribution in [0.1, 0.15) is 13.3 Å². The molecule has 0 rings (SSSR count). The molecule has 74 valence electrons. The Morgan fingerprint density at radius 1 is 1.71 bits per heavy atom. The molecule has 0 amide bonds. The van der Waals surface area contributed by atoms with Crippen molar-refractivity contribution >= 4 is 5.97 Å². The summed E-state index contributed by atoms with van der Waals surface area (Å²) in [6.45, 7) is 1.59. The van der Waals surface area contributed by atoms with Crippen LogP contribution < -0.4 is 16.1 Å². The van der Waals surface area contributed by atoms with Crippen molar-refractivity contribution in [1.29, 1.82) is 10.5 Å². The number of carbonyl (C=O) groups is 1. The fourth-order valence-electron chi connectivity index (χ4n) is 0.999. The highest BCUT2D eigenvalue weighted by atomic mass is 16.4. The van der Waals surface area contributed by atoms with Crippen LogP contribution in [0.25, 0.3) is 0 Å². The van der Waals surface area contributed by atoms with Gasteiger partial charge in [-0.15, -0.1) is 0 Å². The van der Waals surface area contributed by atoms with E-state index in [1.54, 1.807) is 6.92 Å². The standard InChI is InChI=1S/C7H9N5O2/c1-2-5(11-12-10)7(3-8,4-9)6(13)14/h5H,2H2,1H3,(H2,10,11)(H,13,14). The van der Waals surface area contributed by atoms with Crippen LogP contribution in [0.3, 0.4) is 0 Å². The summed E-state index contributed by atoms with van der Waals surface area (Å²) in [5, 5.41) is 33.2. The van der Waals surface area contributed by atoms with Crippen molar-refractivity contribution in [3.63, 3.8) is 0 Å². The highest BCUT2D eigenvalue weighted by molar-refractivity contribution is 5.80. The lowest BCUT2D eigenvalue weighted by Crippen LogP contribution is -2.81. The first-order valence-corrected chi connectivity index (χ1v) is 3.78. The van der Waals surface area contributed by atoms with E-state index in [-0.39, 0.29) is 6.42 Å². The summed E-state index contributed by atoms with van der Waals surface area (Å²) >= 11 is 0. The molecule has 0 heterocycles. The molecule has 3 N–H and O–H groups in total. The van der Waals surface area contributed by atoms with E-state index in [0.717, 1.165) is 0 Å². The van der Waals surface area contributed by atoms with E-state index in [2.05, 4.69) is 10.3 Å².